The van der Waals surface area contributed by atoms with E-state index in [2.05, 4.69) is 4.74 Å². The van der Waals surface area contributed by atoms with E-state index in [-0.39, 0.29) is 17.6 Å². The van der Waals surface area contributed by atoms with Gasteiger partial charge in [-0.2, -0.15) is 0 Å². The van der Waals surface area contributed by atoms with Crippen molar-refractivity contribution in [2.75, 3.05) is 13.7 Å². The fraction of sp³-hybridized carbons (Fsp3) is 0.500. The molecule has 0 bridgehead atoms. The first-order valence-electron chi connectivity index (χ1n) is 6.39. The number of hydrogen-bond acceptors (Lipinski definition) is 4. The summed E-state index contributed by atoms with van der Waals surface area (Å²) in [6.07, 6.45) is 0.972. The van der Waals surface area contributed by atoms with Crippen molar-refractivity contribution in [1.29, 1.82) is 0 Å². The summed E-state index contributed by atoms with van der Waals surface area (Å²) in [6.45, 7) is 2.41. The van der Waals surface area contributed by atoms with E-state index in [1.54, 1.807) is 13.0 Å². The Labute approximate surface area is 125 Å². The molecule has 0 amide bonds. The molecule has 0 spiro atoms. The predicted molar refractivity (Wildman–Crippen MR) is 78.6 cm³/mol. The molecule has 1 aliphatic rings. The maximum absolute atomic E-state index is 12.3. The first-order chi connectivity index (χ1) is 9.51. The first kappa shape index (κ1) is 15.3. The molecule has 1 aliphatic heterocycles. The van der Waals surface area contributed by atoms with Gasteiger partial charge in [-0.1, -0.05) is 18.5 Å². The third-order valence-electron chi connectivity index (χ3n) is 3.25. The molecule has 1 aromatic rings. The lowest BCUT2D eigenvalue weighted by Gasteiger charge is -2.13. The number of ether oxygens (including phenoxy) is 2. The standard InChI is InChI=1S/C14H17ClO4S/c1-9(5-13(16)18-2)20(17)8-11-7-12(15)6-10-3-4-19-14(10)11/h6-7,9H,3-5,8H2,1-2H3. The zero-order valence-electron chi connectivity index (χ0n) is 11.5. The molecule has 0 fully saturated rings. The highest BCUT2D eigenvalue weighted by Gasteiger charge is 2.22. The minimum Gasteiger partial charge on any atom is -0.493 e. The molecule has 6 heteroatoms. The molecule has 0 aliphatic carbocycles. The monoisotopic (exact) mass is 316 g/mol. The molecule has 0 radical (unpaired) electrons. The molecule has 2 atom stereocenters. The van der Waals surface area contributed by atoms with Crippen molar-refractivity contribution >= 4 is 28.4 Å². The van der Waals surface area contributed by atoms with Crippen LogP contribution in [0.5, 0.6) is 5.75 Å². The van der Waals surface area contributed by atoms with Gasteiger partial charge in [0.25, 0.3) is 0 Å². The lowest BCUT2D eigenvalue weighted by molar-refractivity contribution is -0.140. The highest BCUT2D eigenvalue weighted by Crippen LogP contribution is 2.34. The van der Waals surface area contributed by atoms with Crippen LogP contribution in [0.4, 0.5) is 0 Å². The van der Waals surface area contributed by atoms with E-state index < -0.39 is 10.8 Å². The van der Waals surface area contributed by atoms with E-state index in [4.69, 9.17) is 16.3 Å². The van der Waals surface area contributed by atoms with Crippen molar-refractivity contribution in [3.05, 3.63) is 28.3 Å². The smallest absolute Gasteiger partial charge is 0.306 e. The number of carbonyl (C=O) groups excluding carboxylic acids is 1. The lowest BCUT2D eigenvalue weighted by Crippen LogP contribution is -2.18. The van der Waals surface area contributed by atoms with Gasteiger partial charge < -0.3 is 9.47 Å². The van der Waals surface area contributed by atoms with Crippen LogP contribution in [0.25, 0.3) is 0 Å². The van der Waals surface area contributed by atoms with Gasteiger partial charge in [0, 0.05) is 33.1 Å². The third-order valence-corrected chi connectivity index (χ3v) is 5.13. The van der Waals surface area contributed by atoms with Gasteiger partial charge in [-0.3, -0.25) is 9.00 Å². The molecule has 0 aromatic heterocycles. The number of esters is 1. The van der Waals surface area contributed by atoms with Gasteiger partial charge in [0.1, 0.15) is 5.75 Å². The van der Waals surface area contributed by atoms with Crippen LogP contribution in [0, 0.1) is 0 Å². The van der Waals surface area contributed by atoms with E-state index in [9.17, 15) is 9.00 Å². The Kier molecular flexibility index (Phi) is 5.05. The third kappa shape index (κ3) is 3.52. The lowest BCUT2D eigenvalue weighted by atomic mass is 10.1. The van der Waals surface area contributed by atoms with E-state index in [1.807, 2.05) is 6.07 Å². The minimum atomic E-state index is -1.18. The molecule has 1 aromatic carbocycles. The van der Waals surface area contributed by atoms with Crippen molar-refractivity contribution in [3.63, 3.8) is 0 Å². The molecule has 20 heavy (non-hydrogen) atoms. The van der Waals surface area contributed by atoms with Crippen LogP contribution < -0.4 is 4.74 Å². The Morgan fingerprint density at radius 1 is 1.55 bits per heavy atom. The maximum atomic E-state index is 12.3. The number of halogens is 1. The zero-order chi connectivity index (χ0) is 14.7. The first-order valence-corrected chi connectivity index (χ1v) is 8.15. The van der Waals surface area contributed by atoms with Crippen molar-refractivity contribution in [3.8, 4) is 5.75 Å². The summed E-state index contributed by atoms with van der Waals surface area (Å²) in [6, 6.07) is 3.67. The predicted octanol–water partition coefficient (Wildman–Crippen LogP) is 2.48. The van der Waals surface area contributed by atoms with E-state index in [0.29, 0.717) is 17.4 Å². The van der Waals surface area contributed by atoms with Crippen molar-refractivity contribution < 1.29 is 18.5 Å². The Bertz CT molecular complexity index is 544. The molecular weight excluding hydrogens is 300 g/mol. The van der Waals surface area contributed by atoms with E-state index >= 15 is 0 Å². The topological polar surface area (TPSA) is 52.6 Å². The van der Waals surface area contributed by atoms with Crippen LogP contribution in [-0.4, -0.2) is 29.1 Å². The fourth-order valence-corrected chi connectivity index (χ4v) is 3.55. The number of methoxy groups -OCH3 is 1. The Balaban J connectivity index is 2.10. The molecule has 110 valence electrons. The molecule has 0 saturated carbocycles. The average Bonchev–Trinajstić information content (AvgIpc) is 2.86. The van der Waals surface area contributed by atoms with E-state index in [1.165, 1.54) is 7.11 Å². The molecule has 2 unspecified atom stereocenters. The van der Waals surface area contributed by atoms with Crippen molar-refractivity contribution in [2.45, 2.75) is 30.8 Å². The van der Waals surface area contributed by atoms with Crippen molar-refractivity contribution in [1.82, 2.24) is 0 Å². The molecular formula is C14H17ClO4S. The molecule has 4 nitrogen and oxygen atoms in total. The van der Waals surface area contributed by atoms with Gasteiger partial charge in [-0.25, -0.2) is 0 Å². The molecule has 2 rings (SSSR count). The Morgan fingerprint density at radius 3 is 3.00 bits per heavy atom. The number of rotatable bonds is 5. The van der Waals surface area contributed by atoms with Gasteiger partial charge in [-0.05, 0) is 17.7 Å². The Morgan fingerprint density at radius 2 is 2.30 bits per heavy atom. The Hall–Kier alpha value is -1.07. The fourth-order valence-electron chi connectivity index (χ4n) is 2.16. The minimum absolute atomic E-state index is 0.146. The summed E-state index contributed by atoms with van der Waals surface area (Å²) < 4.78 is 22.5. The van der Waals surface area contributed by atoms with Gasteiger partial charge in [0.2, 0.25) is 0 Å². The second kappa shape index (κ2) is 6.59. The normalized spacial score (nSPS) is 16.1. The van der Waals surface area contributed by atoms with Gasteiger partial charge >= 0.3 is 5.97 Å². The summed E-state index contributed by atoms with van der Waals surface area (Å²) >= 11 is 6.07. The molecule has 0 N–H and O–H groups in total. The van der Waals surface area contributed by atoms with Gasteiger partial charge in [-0.15, -0.1) is 0 Å². The number of benzene rings is 1. The summed E-state index contributed by atoms with van der Waals surface area (Å²) in [5.74, 6) is 0.785. The van der Waals surface area contributed by atoms with Crippen molar-refractivity contribution in [2.24, 2.45) is 0 Å². The summed E-state index contributed by atoms with van der Waals surface area (Å²) in [4.78, 5) is 11.2. The SMILES string of the molecule is COC(=O)CC(C)S(=O)Cc1cc(Cl)cc2c1OCC2. The quantitative estimate of drug-likeness (QED) is 0.783. The summed E-state index contributed by atoms with van der Waals surface area (Å²) in [5.41, 5.74) is 1.91. The zero-order valence-corrected chi connectivity index (χ0v) is 13.1. The second-order valence-corrected chi connectivity index (χ2v) is 7.06. The van der Waals surface area contributed by atoms with Crippen LogP contribution in [0.3, 0.4) is 0 Å². The average molecular weight is 317 g/mol. The van der Waals surface area contributed by atoms with Crippen LogP contribution in [0.1, 0.15) is 24.5 Å². The van der Waals surface area contributed by atoms with Gasteiger partial charge in [0.15, 0.2) is 0 Å². The van der Waals surface area contributed by atoms with Crippen LogP contribution in [0.15, 0.2) is 12.1 Å². The highest BCUT2D eigenvalue weighted by molar-refractivity contribution is 7.84. The molecule has 0 saturated heterocycles. The second-order valence-electron chi connectivity index (χ2n) is 4.77. The maximum Gasteiger partial charge on any atom is 0.306 e. The molecule has 1 heterocycles. The van der Waals surface area contributed by atoms with Gasteiger partial charge in [0.05, 0.1) is 25.9 Å². The largest absolute Gasteiger partial charge is 0.493 e. The van der Waals surface area contributed by atoms with Crippen LogP contribution in [0.2, 0.25) is 5.02 Å². The number of fused-ring (bicyclic) bond motifs is 1. The summed E-state index contributed by atoms with van der Waals surface area (Å²) in [5, 5.41) is 0.361. The van der Waals surface area contributed by atoms with E-state index in [0.717, 1.165) is 23.3 Å². The summed E-state index contributed by atoms with van der Waals surface area (Å²) in [7, 11) is 0.151. The van der Waals surface area contributed by atoms with Crippen LogP contribution in [-0.2, 0) is 32.5 Å². The number of carbonyl (C=O) groups is 1. The number of hydrogen-bond donors (Lipinski definition) is 0. The highest BCUT2D eigenvalue weighted by atomic mass is 35.5. The van der Waals surface area contributed by atoms with Crippen LogP contribution >= 0.6 is 11.6 Å².